The summed E-state index contributed by atoms with van der Waals surface area (Å²) in [6, 6.07) is 0.964. The van der Waals surface area contributed by atoms with Crippen molar-refractivity contribution in [3.8, 4) is 0 Å². The Labute approximate surface area is 146 Å². The molecule has 0 bridgehead atoms. The Balaban J connectivity index is 1.36. The third-order valence-corrected chi connectivity index (χ3v) is 6.07. The number of rotatable bonds is 7. The zero-order valence-electron chi connectivity index (χ0n) is 15.3. The number of amides is 1. The van der Waals surface area contributed by atoms with Crippen LogP contribution >= 0.6 is 0 Å². The second-order valence-corrected chi connectivity index (χ2v) is 8.20. The first-order chi connectivity index (χ1) is 11.6. The number of aliphatic hydroxyl groups is 1. The summed E-state index contributed by atoms with van der Waals surface area (Å²) in [5.41, 5.74) is -0.458. The highest BCUT2D eigenvalue weighted by Gasteiger charge is 2.33. The Hall–Kier alpha value is -0.650. The largest absolute Gasteiger partial charge is 0.389 e. The predicted octanol–water partition coefficient (Wildman–Crippen LogP) is 1.75. The van der Waals surface area contributed by atoms with Crippen LogP contribution in [-0.2, 0) is 4.79 Å². The molecule has 3 fully saturated rings. The zero-order valence-corrected chi connectivity index (χ0v) is 15.3. The van der Waals surface area contributed by atoms with Crippen molar-refractivity contribution < 1.29 is 9.90 Å². The molecule has 2 saturated carbocycles. The van der Waals surface area contributed by atoms with E-state index in [0.717, 1.165) is 64.7 Å². The van der Waals surface area contributed by atoms with E-state index in [1.165, 1.54) is 19.3 Å². The van der Waals surface area contributed by atoms with Gasteiger partial charge < -0.3 is 15.3 Å². The fraction of sp³-hybridized carbons (Fsp3) is 0.947. The molecule has 2 aliphatic carbocycles. The van der Waals surface area contributed by atoms with E-state index in [-0.39, 0.29) is 5.91 Å². The Morgan fingerprint density at radius 3 is 2.42 bits per heavy atom. The summed E-state index contributed by atoms with van der Waals surface area (Å²) >= 11 is 0. The number of nitrogens with one attached hydrogen (secondary N) is 1. The highest BCUT2D eigenvalue weighted by Crippen LogP contribution is 2.29. The lowest BCUT2D eigenvalue weighted by Gasteiger charge is -2.40. The second-order valence-electron chi connectivity index (χ2n) is 8.20. The van der Waals surface area contributed by atoms with Crippen molar-refractivity contribution in [1.29, 1.82) is 0 Å². The van der Waals surface area contributed by atoms with Gasteiger partial charge in [0.2, 0.25) is 5.91 Å². The molecule has 1 aliphatic heterocycles. The molecule has 138 valence electrons. The van der Waals surface area contributed by atoms with Crippen LogP contribution in [0.5, 0.6) is 0 Å². The summed E-state index contributed by atoms with van der Waals surface area (Å²) in [4.78, 5) is 16.9. The number of hydrogen-bond acceptors (Lipinski definition) is 4. The number of nitrogens with zero attached hydrogens (tertiary/aromatic N) is 2. The zero-order chi connectivity index (χ0) is 17.0. The van der Waals surface area contributed by atoms with Crippen LogP contribution in [0, 0.1) is 0 Å². The van der Waals surface area contributed by atoms with Gasteiger partial charge >= 0.3 is 0 Å². The highest BCUT2D eigenvalue weighted by atomic mass is 16.3. The van der Waals surface area contributed by atoms with Gasteiger partial charge in [-0.3, -0.25) is 9.69 Å². The Kier molecular flexibility index (Phi) is 6.17. The average molecular weight is 338 g/mol. The van der Waals surface area contributed by atoms with Crippen LogP contribution in [0.25, 0.3) is 0 Å². The van der Waals surface area contributed by atoms with Crippen molar-refractivity contribution in [2.75, 3.05) is 32.7 Å². The van der Waals surface area contributed by atoms with E-state index in [0.29, 0.717) is 18.6 Å². The summed E-state index contributed by atoms with van der Waals surface area (Å²) in [6.07, 6.45) is 10.0. The first kappa shape index (κ1) is 18.2. The van der Waals surface area contributed by atoms with E-state index in [9.17, 15) is 9.90 Å². The molecule has 5 heteroatoms. The van der Waals surface area contributed by atoms with E-state index in [1.807, 2.05) is 0 Å². The molecule has 0 spiro atoms. The molecule has 0 radical (unpaired) electrons. The molecule has 0 aromatic heterocycles. The fourth-order valence-electron chi connectivity index (χ4n) is 4.42. The molecule has 0 aromatic carbocycles. The SMILES string of the molecule is CCN(CC(=O)NC1CCN(CC2(O)CCCCC2)CC1)C1CC1. The van der Waals surface area contributed by atoms with Crippen molar-refractivity contribution in [2.24, 2.45) is 0 Å². The number of carbonyl (C=O) groups excluding carboxylic acids is 1. The lowest BCUT2D eigenvalue weighted by molar-refractivity contribution is -0.123. The lowest BCUT2D eigenvalue weighted by atomic mass is 9.84. The summed E-state index contributed by atoms with van der Waals surface area (Å²) < 4.78 is 0. The van der Waals surface area contributed by atoms with Gasteiger partial charge in [0.25, 0.3) is 0 Å². The molecule has 3 aliphatic rings. The molecule has 24 heavy (non-hydrogen) atoms. The summed E-state index contributed by atoms with van der Waals surface area (Å²) in [6.45, 7) is 6.47. The van der Waals surface area contributed by atoms with Crippen LogP contribution in [0.3, 0.4) is 0 Å². The number of likely N-dealkylation sites (N-methyl/N-ethyl adjacent to an activating group) is 1. The smallest absolute Gasteiger partial charge is 0.234 e. The van der Waals surface area contributed by atoms with Gasteiger partial charge in [0.15, 0.2) is 0 Å². The summed E-state index contributed by atoms with van der Waals surface area (Å²) in [5, 5.41) is 13.9. The van der Waals surface area contributed by atoms with Crippen LogP contribution in [-0.4, -0.2) is 71.2 Å². The topological polar surface area (TPSA) is 55.8 Å². The fourth-order valence-corrected chi connectivity index (χ4v) is 4.42. The molecular formula is C19H35N3O2. The summed E-state index contributed by atoms with van der Waals surface area (Å²) in [5.74, 6) is 0.188. The number of likely N-dealkylation sites (tertiary alicyclic amines) is 1. The van der Waals surface area contributed by atoms with Crippen LogP contribution in [0.4, 0.5) is 0 Å². The van der Waals surface area contributed by atoms with Crippen LogP contribution in [0.1, 0.15) is 64.7 Å². The summed E-state index contributed by atoms with van der Waals surface area (Å²) in [7, 11) is 0. The minimum absolute atomic E-state index is 0.188. The van der Waals surface area contributed by atoms with Gasteiger partial charge in [0.05, 0.1) is 12.1 Å². The minimum Gasteiger partial charge on any atom is -0.389 e. The predicted molar refractivity (Wildman–Crippen MR) is 95.9 cm³/mol. The van der Waals surface area contributed by atoms with Crippen LogP contribution in [0.15, 0.2) is 0 Å². The quantitative estimate of drug-likeness (QED) is 0.743. The standard InChI is InChI=1S/C19H35N3O2/c1-2-22(17-6-7-17)14-18(23)20-16-8-12-21(13-9-16)15-19(24)10-4-3-5-11-19/h16-17,24H,2-15H2,1H3,(H,20,23). The molecular weight excluding hydrogens is 302 g/mol. The Morgan fingerprint density at radius 1 is 1.17 bits per heavy atom. The van der Waals surface area contributed by atoms with E-state index in [4.69, 9.17) is 0 Å². The normalized spacial score (nSPS) is 25.8. The van der Waals surface area contributed by atoms with Gasteiger partial charge in [-0.2, -0.15) is 0 Å². The molecule has 1 amide bonds. The maximum atomic E-state index is 12.3. The number of β-amino-alcohol motifs (C(OH)–C–C–N with tert-alkyl or cyclic N) is 1. The molecule has 1 heterocycles. The molecule has 0 aromatic rings. The Bertz CT molecular complexity index is 411. The van der Waals surface area contributed by atoms with Gasteiger partial charge in [0, 0.05) is 31.7 Å². The van der Waals surface area contributed by atoms with E-state index in [2.05, 4.69) is 22.0 Å². The van der Waals surface area contributed by atoms with Gasteiger partial charge in [-0.1, -0.05) is 26.2 Å². The molecule has 0 unspecified atom stereocenters. The molecule has 0 atom stereocenters. The first-order valence-electron chi connectivity index (χ1n) is 10.1. The second kappa shape index (κ2) is 8.15. The number of piperidine rings is 1. The monoisotopic (exact) mass is 337 g/mol. The van der Waals surface area contributed by atoms with E-state index >= 15 is 0 Å². The van der Waals surface area contributed by atoms with Crippen molar-refractivity contribution in [2.45, 2.75) is 82.4 Å². The molecule has 1 saturated heterocycles. The maximum absolute atomic E-state index is 12.3. The third-order valence-electron chi connectivity index (χ3n) is 6.07. The van der Waals surface area contributed by atoms with Crippen molar-refractivity contribution in [1.82, 2.24) is 15.1 Å². The van der Waals surface area contributed by atoms with Crippen molar-refractivity contribution >= 4 is 5.91 Å². The maximum Gasteiger partial charge on any atom is 0.234 e. The van der Waals surface area contributed by atoms with Crippen LogP contribution < -0.4 is 5.32 Å². The number of carbonyl (C=O) groups is 1. The first-order valence-corrected chi connectivity index (χ1v) is 10.1. The van der Waals surface area contributed by atoms with E-state index < -0.39 is 5.60 Å². The van der Waals surface area contributed by atoms with Gasteiger partial charge in [-0.25, -0.2) is 0 Å². The highest BCUT2D eigenvalue weighted by molar-refractivity contribution is 5.78. The van der Waals surface area contributed by atoms with Gasteiger partial charge in [-0.05, 0) is 45.1 Å². The minimum atomic E-state index is -0.458. The van der Waals surface area contributed by atoms with Gasteiger partial charge in [-0.15, -0.1) is 0 Å². The molecule has 5 nitrogen and oxygen atoms in total. The van der Waals surface area contributed by atoms with Gasteiger partial charge in [0.1, 0.15) is 0 Å². The molecule has 3 rings (SSSR count). The Morgan fingerprint density at radius 2 is 1.83 bits per heavy atom. The van der Waals surface area contributed by atoms with Crippen molar-refractivity contribution in [3.63, 3.8) is 0 Å². The lowest BCUT2D eigenvalue weighted by Crippen LogP contribution is -2.51. The number of hydrogen-bond donors (Lipinski definition) is 2. The molecule has 2 N–H and O–H groups in total. The average Bonchev–Trinajstić information content (AvgIpc) is 3.40. The third kappa shape index (κ3) is 5.17. The van der Waals surface area contributed by atoms with Crippen LogP contribution in [0.2, 0.25) is 0 Å². The van der Waals surface area contributed by atoms with Crippen molar-refractivity contribution in [3.05, 3.63) is 0 Å². The van der Waals surface area contributed by atoms with E-state index in [1.54, 1.807) is 0 Å².